The number of rotatable bonds is 10. The fourth-order valence-corrected chi connectivity index (χ4v) is 7.81. The van der Waals surface area contributed by atoms with E-state index in [2.05, 4.69) is 17.0 Å². The van der Waals surface area contributed by atoms with Crippen LogP contribution in [-0.4, -0.2) is 71.4 Å². The molecule has 5 rings (SSSR count). The van der Waals surface area contributed by atoms with E-state index in [1.807, 2.05) is 18.2 Å². The second kappa shape index (κ2) is 13.2. The summed E-state index contributed by atoms with van der Waals surface area (Å²) >= 11 is 6.37. The minimum absolute atomic E-state index is 0.00753. The van der Waals surface area contributed by atoms with Gasteiger partial charge in [-0.05, 0) is 91.8 Å². The lowest BCUT2D eigenvalue weighted by Gasteiger charge is -2.45. The predicted molar refractivity (Wildman–Crippen MR) is 166 cm³/mol. The Hall–Kier alpha value is -2.63. The number of benzene rings is 2. The predicted octanol–water partition coefficient (Wildman–Crippen LogP) is 4.24. The summed E-state index contributed by atoms with van der Waals surface area (Å²) < 4.78 is 40.2. The number of anilines is 1. The van der Waals surface area contributed by atoms with E-state index in [0.29, 0.717) is 31.0 Å². The summed E-state index contributed by atoms with van der Waals surface area (Å²) in [6.07, 6.45) is 7.57. The lowest BCUT2D eigenvalue weighted by Crippen LogP contribution is -2.49. The van der Waals surface area contributed by atoms with Gasteiger partial charge in [-0.2, -0.15) is 0 Å². The molecule has 3 N–H and O–H groups in total. The van der Waals surface area contributed by atoms with Crippen LogP contribution in [0, 0.1) is 11.8 Å². The number of hydrogen-bond acceptors (Lipinski definition) is 8. The fourth-order valence-electron chi connectivity index (χ4n) is 6.91. The van der Waals surface area contributed by atoms with Gasteiger partial charge in [-0.1, -0.05) is 29.8 Å². The van der Waals surface area contributed by atoms with Crippen LogP contribution in [0.2, 0.25) is 5.02 Å². The number of allylic oxidation sites excluding steroid dienone is 1. The molecule has 1 fully saturated rings. The van der Waals surface area contributed by atoms with Crippen LogP contribution in [0.4, 0.5) is 5.69 Å². The van der Waals surface area contributed by atoms with E-state index >= 15 is 0 Å². The minimum atomic E-state index is -3.76. The van der Waals surface area contributed by atoms with Crippen molar-refractivity contribution in [1.29, 1.82) is 0 Å². The largest absolute Gasteiger partial charge is 0.490 e. The molecule has 2 aromatic carbocycles. The Kier molecular flexibility index (Phi) is 9.73. The Bertz CT molecular complexity index is 1470. The third-order valence-corrected chi connectivity index (χ3v) is 10.9. The Balaban J connectivity index is 1.40. The van der Waals surface area contributed by atoms with E-state index in [9.17, 15) is 18.3 Å². The van der Waals surface area contributed by atoms with Gasteiger partial charge in [0.05, 0.1) is 37.7 Å². The van der Waals surface area contributed by atoms with Gasteiger partial charge in [-0.15, -0.1) is 0 Å². The quantitative estimate of drug-likeness (QED) is 0.294. The highest BCUT2D eigenvalue weighted by atomic mass is 35.5. The molecule has 0 aromatic heterocycles. The molecular weight excluding hydrogens is 592 g/mol. The number of aliphatic hydroxyl groups is 1. The van der Waals surface area contributed by atoms with E-state index in [4.69, 9.17) is 31.0 Å². The monoisotopic (exact) mass is 632 g/mol. The lowest BCUT2D eigenvalue weighted by molar-refractivity contribution is 0.0456. The number of hydrogen-bond donors (Lipinski definition) is 2. The molecule has 0 saturated heterocycles. The Morgan fingerprint density at radius 1 is 1.26 bits per heavy atom. The first-order valence-electron chi connectivity index (χ1n) is 14.8. The second-order valence-electron chi connectivity index (χ2n) is 12.1. The van der Waals surface area contributed by atoms with Crippen molar-refractivity contribution in [3.8, 4) is 5.75 Å². The fraction of sp³-hybridized carbons (Fsp3) is 0.531. The number of esters is 1. The second-order valence-corrected chi connectivity index (χ2v) is 14.4. The Morgan fingerprint density at radius 2 is 2.07 bits per heavy atom. The maximum absolute atomic E-state index is 12.5. The van der Waals surface area contributed by atoms with Crippen molar-refractivity contribution in [2.45, 2.75) is 55.3 Å². The molecule has 9 nitrogen and oxygen atoms in total. The molecule has 1 aliphatic heterocycles. The zero-order valence-corrected chi connectivity index (χ0v) is 26.3. The van der Waals surface area contributed by atoms with Crippen LogP contribution >= 0.6 is 11.6 Å². The van der Waals surface area contributed by atoms with Crippen LogP contribution in [0.15, 0.2) is 48.6 Å². The summed E-state index contributed by atoms with van der Waals surface area (Å²) in [5.41, 5.74) is 3.53. The molecule has 0 bridgehead atoms. The smallest absolute Gasteiger partial charge is 0.337 e. The molecule has 2 unspecified atom stereocenters. The molecular formula is C32H41ClN2O7S. The Morgan fingerprint density at radius 3 is 2.77 bits per heavy atom. The summed E-state index contributed by atoms with van der Waals surface area (Å²) in [5, 5.41) is 16.3. The van der Waals surface area contributed by atoms with Gasteiger partial charge >= 0.3 is 5.97 Å². The van der Waals surface area contributed by atoms with Crippen molar-refractivity contribution >= 4 is 33.3 Å². The van der Waals surface area contributed by atoms with Gasteiger partial charge in [0, 0.05) is 30.6 Å². The molecule has 3 aliphatic rings. The number of fused-ring (bicyclic) bond motifs is 3. The summed E-state index contributed by atoms with van der Waals surface area (Å²) in [6, 6.07) is 11.6. The van der Waals surface area contributed by atoms with E-state index in [-0.39, 0.29) is 30.3 Å². The molecule has 234 valence electrons. The first-order valence-corrected chi connectivity index (χ1v) is 16.8. The van der Waals surface area contributed by atoms with Crippen LogP contribution in [0.3, 0.4) is 0 Å². The number of nitrogens with zero attached hydrogens (tertiary/aromatic N) is 1. The third kappa shape index (κ3) is 6.88. The number of carbonyl (C=O) groups is 1. The van der Waals surface area contributed by atoms with E-state index in [0.717, 1.165) is 42.8 Å². The summed E-state index contributed by atoms with van der Waals surface area (Å²) in [4.78, 5) is 14.8. The Labute approximate surface area is 259 Å². The molecule has 0 amide bonds. The van der Waals surface area contributed by atoms with Crippen molar-refractivity contribution in [1.82, 2.24) is 0 Å². The van der Waals surface area contributed by atoms with Gasteiger partial charge in [-0.3, -0.25) is 0 Å². The molecule has 1 saturated carbocycles. The van der Waals surface area contributed by atoms with Crippen LogP contribution in [0.25, 0.3) is 0 Å². The highest BCUT2D eigenvalue weighted by Crippen LogP contribution is 2.46. The number of nitrogens with two attached hydrogens (primary N) is 1. The number of carbonyl (C=O) groups excluding carboxylic acids is 1. The third-order valence-electron chi connectivity index (χ3n) is 9.38. The number of methoxy groups -OCH3 is 2. The molecule has 5 atom stereocenters. The minimum Gasteiger partial charge on any atom is -0.490 e. The van der Waals surface area contributed by atoms with Gasteiger partial charge in [-0.25, -0.2) is 18.4 Å². The van der Waals surface area contributed by atoms with Gasteiger partial charge in [0.1, 0.15) is 11.0 Å². The molecule has 2 aliphatic carbocycles. The average molecular weight is 633 g/mol. The van der Waals surface area contributed by atoms with Crippen LogP contribution in [-0.2, 0) is 31.3 Å². The van der Waals surface area contributed by atoms with Gasteiger partial charge in [0.15, 0.2) is 0 Å². The lowest BCUT2D eigenvalue weighted by atomic mass is 9.68. The maximum atomic E-state index is 12.5. The zero-order chi connectivity index (χ0) is 30.8. The number of halogens is 1. The molecule has 1 spiro atoms. The summed E-state index contributed by atoms with van der Waals surface area (Å²) in [7, 11) is -0.962. The molecule has 1 heterocycles. The van der Waals surface area contributed by atoms with Crippen molar-refractivity contribution in [3.63, 3.8) is 0 Å². The topological polar surface area (TPSA) is 128 Å². The number of sulfonamides is 1. The number of primary sulfonamides is 1. The highest BCUT2D eigenvalue weighted by Gasteiger charge is 2.44. The van der Waals surface area contributed by atoms with E-state index in [1.54, 1.807) is 18.2 Å². The highest BCUT2D eigenvalue weighted by molar-refractivity contribution is 7.89. The van der Waals surface area contributed by atoms with Gasteiger partial charge < -0.3 is 24.2 Å². The van der Waals surface area contributed by atoms with Crippen molar-refractivity contribution in [3.05, 3.63) is 70.3 Å². The zero-order valence-electron chi connectivity index (χ0n) is 24.7. The van der Waals surface area contributed by atoms with Crippen LogP contribution in [0.1, 0.15) is 53.6 Å². The summed E-state index contributed by atoms with van der Waals surface area (Å²) in [5.74, 6) is 0.504. The van der Waals surface area contributed by atoms with E-state index in [1.165, 1.54) is 25.3 Å². The van der Waals surface area contributed by atoms with Crippen molar-refractivity contribution in [2.75, 3.05) is 45.4 Å². The van der Waals surface area contributed by atoms with E-state index < -0.39 is 27.3 Å². The number of aliphatic hydroxyl groups excluding tert-OH is 1. The first kappa shape index (κ1) is 31.8. The van der Waals surface area contributed by atoms with Crippen molar-refractivity contribution < 1.29 is 32.5 Å². The van der Waals surface area contributed by atoms with Crippen LogP contribution < -0.4 is 14.8 Å². The number of aryl methyl sites for hydroxylation is 1. The molecule has 43 heavy (non-hydrogen) atoms. The molecule has 2 aromatic rings. The summed E-state index contributed by atoms with van der Waals surface area (Å²) in [6.45, 7) is 1.87. The van der Waals surface area contributed by atoms with Crippen LogP contribution in [0.5, 0.6) is 5.75 Å². The number of ether oxygens (including phenoxy) is 3. The molecule has 0 radical (unpaired) electrons. The maximum Gasteiger partial charge on any atom is 0.337 e. The standard InChI is InChI=1S/C32H41ClN2O7S/c1-40-18-25(43(34,38)39)6-3-7-29(36)26-11-8-23(26)17-35-19-32(14-4-5-21-15-24(33)10-12-27(21)32)20-42-30-13-9-22(16-28(30)35)31(37)41-2/h3,7,9-10,12-13,15-16,23,25-26,29,36H,4-6,8,11,14,17-20H2,1-2H3,(H2,34,38,39)/b7-3+/t23-,25?,26+,29?,32-/m0/s1. The SMILES string of the molecule is COCC(C/C=C/C(O)[C@@H]1CC[C@H]1CN1C[C@@]2(CCCc3cc(Cl)ccc32)COc2ccc(C(=O)OC)cc21)S(N)(=O)=O. The van der Waals surface area contributed by atoms with Gasteiger partial charge in [0.25, 0.3) is 0 Å². The normalized spacial score (nSPS) is 24.8. The average Bonchev–Trinajstić information content (AvgIpc) is 3.10. The van der Waals surface area contributed by atoms with Crippen molar-refractivity contribution in [2.24, 2.45) is 17.0 Å². The van der Waals surface area contributed by atoms with Gasteiger partial charge in [0.2, 0.25) is 10.0 Å². The molecule has 11 heteroatoms. The first-order chi connectivity index (χ1) is 20.5.